The Morgan fingerprint density at radius 3 is 2.84 bits per heavy atom. The minimum Gasteiger partial charge on any atom is -0.480 e. The van der Waals surface area contributed by atoms with Crippen LogP contribution in [0.1, 0.15) is 13.8 Å². The van der Waals surface area contributed by atoms with Crippen molar-refractivity contribution in [3.8, 4) is 0 Å². The fourth-order valence-corrected chi connectivity index (χ4v) is 2.23. The number of ether oxygens (including phenoxy) is 1. The Bertz CT molecular complexity index is 523. The zero-order valence-electron chi connectivity index (χ0n) is 10.7. The Morgan fingerprint density at radius 1 is 1.58 bits per heavy atom. The number of carbonyl (C=O) groups is 1. The molecule has 0 spiro atoms. The van der Waals surface area contributed by atoms with E-state index >= 15 is 0 Å². The van der Waals surface area contributed by atoms with Gasteiger partial charge in [0.25, 0.3) is 0 Å². The lowest BCUT2D eigenvalue weighted by atomic mass is 10.5. The summed E-state index contributed by atoms with van der Waals surface area (Å²) in [6, 6.07) is 0. The Kier molecular flexibility index (Phi) is 5.45. The van der Waals surface area contributed by atoms with Gasteiger partial charge in [0, 0.05) is 12.7 Å². The quantitative estimate of drug-likeness (QED) is 0.635. The molecule has 8 nitrogen and oxygen atoms in total. The second kappa shape index (κ2) is 6.64. The van der Waals surface area contributed by atoms with E-state index in [1.54, 1.807) is 0 Å². The maximum atomic E-state index is 11.8. The van der Waals surface area contributed by atoms with Crippen LogP contribution in [0.3, 0.4) is 0 Å². The van der Waals surface area contributed by atoms with E-state index in [-0.39, 0.29) is 30.7 Å². The molecular weight excluding hydrogens is 274 g/mol. The molecule has 1 aromatic heterocycles. The Labute approximate surface area is 111 Å². The highest BCUT2D eigenvalue weighted by Gasteiger charge is 2.16. The van der Waals surface area contributed by atoms with Crippen molar-refractivity contribution in [2.24, 2.45) is 0 Å². The lowest BCUT2D eigenvalue weighted by Crippen LogP contribution is -2.28. The number of carboxylic acids is 1. The number of nitrogens with one attached hydrogen (secondary N) is 1. The summed E-state index contributed by atoms with van der Waals surface area (Å²) in [5.41, 5.74) is 0. The molecule has 0 radical (unpaired) electrons. The van der Waals surface area contributed by atoms with Gasteiger partial charge >= 0.3 is 5.97 Å². The lowest BCUT2D eigenvalue weighted by molar-refractivity contribution is -0.137. The molecule has 2 N–H and O–H groups in total. The van der Waals surface area contributed by atoms with Gasteiger partial charge in [-0.3, -0.25) is 9.48 Å². The normalized spacial score (nSPS) is 11.9. The minimum absolute atomic E-state index is 0.0304. The van der Waals surface area contributed by atoms with Crippen molar-refractivity contribution < 1.29 is 23.1 Å². The minimum atomic E-state index is -3.68. The topological polar surface area (TPSA) is 111 Å². The number of carboxylic acid groups (broad SMARTS) is 1. The molecule has 0 amide bonds. The summed E-state index contributed by atoms with van der Waals surface area (Å²) < 4.78 is 32.2. The van der Waals surface area contributed by atoms with E-state index in [1.807, 2.05) is 13.8 Å². The van der Waals surface area contributed by atoms with Crippen LogP contribution in [0, 0.1) is 0 Å². The first-order chi connectivity index (χ1) is 8.81. The van der Waals surface area contributed by atoms with Gasteiger partial charge in [-0.1, -0.05) is 0 Å². The summed E-state index contributed by atoms with van der Waals surface area (Å²) in [4.78, 5) is 10.4. The van der Waals surface area contributed by atoms with Crippen molar-refractivity contribution in [1.29, 1.82) is 0 Å². The summed E-state index contributed by atoms with van der Waals surface area (Å²) in [6.07, 6.45) is 2.30. The van der Waals surface area contributed by atoms with E-state index in [0.717, 1.165) is 10.9 Å². The highest BCUT2D eigenvalue weighted by atomic mass is 32.2. The van der Waals surface area contributed by atoms with Crippen LogP contribution >= 0.6 is 0 Å². The molecular formula is C10H17N3O5S. The second-order valence-corrected chi connectivity index (χ2v) is 5.85. The molecule has 0 saturated carbocycles. The molecule has 0 aliphatic carbocycles. The van der Waals surface area contributed by atoms with Crippen molar-refractivity contribution in [1.82, 2.24) is 14.5 Å². The van der Waals surface area contributed by atoms with Gasteiger partial charge in [0.1, 0.15) is 11.4 Å². The standard InChI is InChI=1S/C10H17N3O5S/c1-8(2)18-4-3-12-19(16,17)9-5-11-13(6-9)7-10(14)15/h5-6,8,12H,3-4,7H2,1-2H3,(H,14,15). The third-order valence-corrected chi connectivity index (χ3v) is 3.48. The van der Waals surface area contributed by atoms with Crippen LogP contribution in [0.4, 0.5) is 0 Å². The highest BCUT2D eigenvalue weighted by molar-refractivity contribution is 7.89. The third kappa shape index (κ3) is 5.37. The van der Waals surface area contributed by atoms with E-state index in [9.17, 15) is 13.2 Å². The van der Waals surface area contributed by atoms with Gasteiger partial charge < -0.3 is 9.84 Å². The van der Waals surface area contributed by atoms with E-state index in [1.165, 1.54) is 6.20 Å². The first kappa shape index (κ1) is 15.6. The number of nitrogens with zero attached hydrogens (tertiary/aromatic N) is 2. The summed E-state index contributed by atoms with van der Waals surface area (Å²) >= 11 is 0. The average Bonchev–Trinajstić information content (AvgIpc) is 2.72. The molecule has 1 heterocycles. The Balaban J connectivity index is 2.57. The monoisotopic (exact) mass is 291 g/mol. The number of hydrogen-bond donors (Lipinski definition) is 2. The zero-order valence-corrected chi connectivity index (χ0v) is 11.6. The van der Waals surface area contributed by atoms with Gasteiger partial charge in [0.2, 0.25) is 10.0 Å². The van der Waals surface area contributed by atoms with E-state index in [0.29, 0.717) is 0 Å². The average molecular weight is 291 g/mol. The maximum absolute atomic E-state index is 11.8. The molecule has 0 fully saturated rings. The number of hydrogen-bond acceptors (Lipinski definition) is 5. The van der Waals surface area contributed by atoms with Crippen LogP contribution in [-0.2, 0) is 26.1 Å². The molecule has 1 rings (SSSR count). The third-order valence-electron chi connectivity index (χ3n) is 2.06. The van der Waals surface area contributed by atoms with Gasteiger partial charge in [0.05, 0.1) is 18.9 Å². The van der Waals surface area contributed by atoms with Crippen LogP contribution in [0.25, 0.3) is 0 Å². The fourth-order valence-electron chi connectivity index (χ4n) is 1.26. The molecule has 19 heavy (non-hydrogen) atoms. The van der Waals surface area contributed by atoms with Crippen molar-refractivity contribution in [3.63, 3.8) is 0 Å². The van der Waals surface area contributed by atoms with Crippen LogP contribution in [0.15, 0.2) is 17.3 Å². The van der Waals surface area contributed by atoms with Crippen molar-refractivity contribution in [3.05, 3.63) is 12.4 Å². The van der Waals surface area contributed by atoms with Crippen molar-refractivity contribution >= 4 is 16.0 Å². The SMILES string of the molecule is CC(C)OCCNS(=O)(=O)c1cnn(CC(=O)O)c1. The lowest BCUT2D eigenvalue weighted by Gasteiger charge is -2.08. The van der Waals surface area contributed by atoms with Crippen molar-refractivity contribution in [2.75, 3.05) is 13.2 Å². The number of rotatable bonds is 8. The zero-order chi connectivity index (χ0) is 14.5. The Hall–Kier alpha value is -1.45. The summed E-state index contributed by atoms with van der Waals surface area (Å²) in [7, 11) is -3.68. The molecule has 0 bridgehead atoms. The molecule has 0 atom stereocenters. The molecule has 0 aliphatic rings. The predicted molar refractivity (Wildman–Crippen MR) is 66.1 cm³/mol. The highest BCUT2D eigenvalue weighted by Crippen LogP contribution is 2.06. The van der Waals surface area contributed by atoms with Gasteiger partial charge in [-0.05, 0) is 13.8 Å². The molecule has 108 valence electrons. The maximum Gasteiger partial charge on any atom is 0.325 e. The first-order valence-corrected chi connectivity index (χ1v) is 7.15. The van der Waals surface area contributed by atoms with Gasteiger partial charge in [-0.25, -0.2) is 13.1 Å². The summed E-state index contributed by atoms with van der Waals surface area (Å²) in [5.74, 6) is -1.09. The van der Waals surface area contributed by atoms with Crippen LogP contribution in [0.5, 0.6) is 0 Å². The Morgan fingerprint density at radius 2 is 2.26 bits per heavy atom. The van der Waals surface area contributed by atoms with E-state index < -0.39 is 16.0 Å². The number of aromatic nitrogens is 2. The van der Waals surface area contributed by atoms with Gasteiger partial charge in [0.15, 0.2) is 0 Å². The van der Waals surface area contributed by atoms with Crippen LogP contribution in [-0.4, -0.2) is 48.5 Å². The van der Waals surface area contributed by atoms with E-state index in [4.69, 9.17) is 9.84 Å². The fraction of sp³-hybridized carbons (Fsp3) is 0.600. The molecule has 0 aromatic carbocycles. The first-order valence-electron chi connectivity index (χ1n) is 5.67. The number of aliphatic carboxylic acids is 1. The van der Waals surface area contributed by atoms with Crippen LogP contribution < -0.4 is 4.72 Å². The molecule has 1 aromatic rings. The number of sulfonamides is 1. The largest absolute Gasteiger partial charge is 0.480 e. The predicted octanol–water partition coefficient (Wildman–Crippen LogP) is -0.329. The smallest absolute Gasteiger partial charge is 0.325 e. The van der Waals surface area contributed by atoms with Gasteiger partial charge in [-0.15, -0.1) is 0 Å². The van der Waals surface area contributed by atoms with E-state index in [2.05, 4.69) is 9.82 Å². The molecule has 9 heteroatoms. The molecule has 0 aliphatic heterocycles. The second-order valence-electron chi connectivity index (χ2n) is 4.08. The summed E-state index contributed by atoms with van der Waals surface area (Å²) in [5, 5.41) is 12.2. The molecule has 0 unspecified atom stereocenters. The van der Waals surface area contributed by atoms with Crippen molar-refractivity contribution in [2.45, 2.75) is 31.4 Å². The molecule has 0 saturated heterocycles. The van der Waals surface area contributed by atoms with Crippen LogP contribution in [0.2, 0.25) is 0 Å². The summed E-state index contributed by atoms with van der Waals surface area (Å²) in [6.45, 7) is 3.73. The van der Waals surface area contributed by atoms with Gasteiger partial charge in [-0.2, -0.15) is 5.10 Å².